The molecule has 2 aliphatic heterocycles. The monoisotopic (exact) mass is 1030 g/mol. The average Bonchev–Trinajstić information content (AvgIpc) is 4.18. The minimum atomic E-state index is -2.26. The van der Waals surface area contributed by atoms with Gasteiger partial charge in [-0.15, -0.1) is 0 Å². The fraction of sp³-hybridized carbons (Fsp3) is 0.0822. The summed E-state index contributed by atoms with van der Waals surface area (Å²) in [6.45, 7) is 10.7. The first-order chi connectivity index (χ1) is 38.7. The summed E-state index contributed by atoms with van der Waals surface area (Å²) >= 11 is 0. The molecule has 0 bridgehead atoms. The van der Waals surface area contributed by atoms with E-state index < -0.39 is 8.07 Å². The van der Waals surface area contributed by atoms with Crippen LogP contribution in [0, 0.1) is 0 Å². The summed E-state index contributed by atoms with van der Waals surface area (Å²) < 4.78 is 9.22. The van der Waals surface area contributed by atoms with E-state index in [-0.39, 0.29) is 5.04 Å². The zero-order chi connectivity index (χ0) is 53.2. The zero-order valence-corrected chi connectivity index (χ0v) is 45.8. The van der Waals surface area contributed by atoms with Crippen LogP contribution in [0.4, 0.5) is 11.4 Å². The van der Waals surface area contributed by atoms with Crippen molar-refractivity contribution in [3.63, 3.8) is 0 Å². The lowest BCUT2D eigenvalue weighted by molar-refractivity contribution is 0.482. The number of pyridine rings is 1. The Labute approximate surface area is 463 Å². The molecule has 12 aromatic rings. The van der Waals surface area contributed by atoms with E-state index in [1.807, 2.05) is 18.3 Å². The minimum Gasteiger partial charge on any atom is -0.457 e. The number of benzene rings is 10. The summed E-state index contributed by atoms with van der Waals surface area (Å²) in [5.41, 5.74) is 20.0. The highest BCUT2D eigenvalue weighted by Crippen LogP contribution is 2.54. The number of ether oxygens (including phenoxy) is 1. The van der Waals surface area contributed by atoms with Gasteiger partial charge in [-0.3, -0.25) is 4.57 Å². The molecule has 380 valence electrons. The third-order valence-electron chi connectivity index (χ3n) is 17.0. The lowest BCUT2D eigenvalue weighted by Gasteiger charge is -2.50. The molecule has 14 rings (SSSR count). The lowest BCUT2D eigenvalue weighted by Crippen LogP contribution is -2.57. The quantitative estimate of drug-likeness (QED) is 0.128. The predicted molar refractivity (Wildman–Crippen MR) is 333 cm³/mol. The highest BCUT2D eigenvalue weighted by molar-refractivity contribution is 6.88. The number of para-hydroxylation sites is 2. The van der Waals surface area contributed by atoms with Crippen LogP contribution < -0.4 is 14.5 Å². The zero-order valence-electron chi connectivity index (χ0n) is 44.8. The summed E-state index contributed by atoms with van der Waals surface area (Å²) in [5, 5.41) is 3.63. The predicted octanol–water partition coefficient (Wildman–Crippen LogP) is 19.2. The largest absolute Gasteiger partial charge is 0.457 e. The molecule has 0 amide bonds. The van der Waals surface area contributed by atoms with Crippen molar-refractivity contribution in [1.29, 1.82) is 0 Å². The molecule has 0 fully saturated rings. The molecule has 0 saturated heterocycles. The second-order valence-corrected chi connectivity index (χ2v) is 27.1. The molecule has 2 aliphatic rings. The number of nitrogens with zero attached hydrogens (tertiary/aromatic N) is 4. The molecule has 0 spiro atoms. The van der Waals surface area contributed by atoms with Gasteiger partial charge in [0.15, 0.2) is 0 Å². The molecule has 0 saturated carbocycles. The molecule has 10 aromatic carbocycles. The van der Waals surface area contributed by atoms with E-state index >= 15 is 0 Å². The Balaban J connectivity index is 0.939. The molecule has 0 N–H and O–H groups in total. The molecular formula is C73H58N4OSi. The first-order valence-electron chi connectivity index (χ1n) is 27.4. The number of aromatic nitrogens is 2. The SMILES string of the molecule is CC1(C)c2ccc(Oc3ccc4c5ccccc5n(-c5ccccn5)c4c3)cc2N2CN(c3c(-c4cc(-c5ccccc5)cc(-c5ccccc5)c4)cccc3-c3cc(-c4ccccc4)cc(-c4ccccc4)c3)C=C2[Si]1(C)C. The normalized spacial score (nSPS) is 14.3. The molecule has 0 atom stereocenters. The lowest BCUT2D eigenvalue weighted by atomic mass is 9.88. The second-order valence-electron chi connectivity index (χ2n) is 22.1. The fourth-order valence-electron chi connectivity index (χ4n) is 12.3. The number of fused-ring (bicyclic) bond motifs is 6. The van der Waals surface area contributed by atoms with Crippen molar-refractivity contribution in [1.82, 2.24) is 9.55 Å². The summed E-state index contributed by atoms with van der Waals surface area (Å²) in [6.07, 6.45) is 4.36. The van der Waals surface area contributed by atoms with Gasteiger partial charge in [0.25, 0.3) is 0 Å². The molecule has 0 unspecified atom stereocenters. The van der Waals surface area contributed by atoms with Crippen molar-refractivity contribution in [2.24, 2.45) is 0 Å². The first kappa shape index (κ1) is 47.9. The van der Waals surface area contributed by atoms with Gasteiger partial charge in [-0.2, -0.15) is 0 Å². The fourth-order valence-corrected chi connectivity index (χ4v) is 15.1. The Kier molecular flexibility index (Phi) is 11.6. The van der Waals surface area contributed by atoms with Gasteiger partial charge in [0, 0.05) is 57.4 Å². The van der Waals surface area contributed by atoms with Gasteiger partial charge in [0.1, 0.15) is 25.4 Å². The molecule has 0 aliphatic carbocycles. The Morgan fingerprint density at radius 2 is 0.911 bits per heavy atom. The van der Waals surface area contributed by atoms with Gasteiger partial charge in [-0.25, -0.2) is 4.98 Å². The maximum Gasteiger partial charge on any atom is 0.137 e. The van der Waals surface area contributed by atoms with E-state index in [4.69, 9.17) is 9.72 Å². The number of rotatable bonds is 10. The van der Waals surface area contributed by atoms with Crippen molar-refractivity contribution >= 4 is 41.3 Å². The van der Waals surface area contributed by atoms with E-state index in [0.29, 0.717) is 6.67 Å². The Bertz CT molecular complexity index is 4040. The topological polar surface area (TPSA) is 33.5 Å². The molecule has 0 radical (unpaired) electrons. The molecule has 79 heavy (non-hydrogen) atoms. The van der Waals surface area contributed by atoms with Crippen molar-refractivity contribution in [3.05, 3.63) is 278 Å². The molecule has 4 heterocycles. The van der Waals surface area contributed by atoms with Crippen LogP contribution in [0.25, 0.3) is 94.4 Å². The van der Waals surface area contributed by atoms with Crippen molar-refractivity contribution < 1.29 is 4.74 Å². The molecule has 2 aromatic heterocycles. The summed E-state index contributed by atoms with van der Waals surface area (Å²) in [4.78, 5) is 9.96. The van der Waals surface area contributed by atoms with Gasteiger partial charge in [-0.05, 0) is 139 Å². The third kappa shape index (κ3) is 8.35. The van der Waals surface area contributed by atoms with Gasteiger partial charge in [-0.1, -0.05) is 197 Å². The summed E-state index contributed by atoms with van der Waals surface area (Å²) in [6, 6.07) is 92.3. The van der Waals surface area contributed by atoms with Crippen LogP contribution in [0.2, 0.25) is 13.1 Å². The van der Waals surface area contributed by atoms with E-state index in [0.717, 1.165) is 44.9 Å². The smallest absolute Gasteiger partial charge is 0.137 e. The van der Waals surface area contributed by atoms with E-state index in [2.05, 4.69) is 290 Å². The minimum absolute atomic E-state index is 0.104. The molecule has 6 heteroatoms. The first-order valence-corrected chi connectivity index (χ1v) is 30.4. The van der Waals surface area contributed by atoms with E-state index in [1.165, 1.54) is 83.3 Å². The number of hydrogen-bond donors (Lipinski definition) is 0. The Hall–Kier alpha value is -9.49. The van der Waals surface area contributed by atoms with Crippen LogP contribution in [-0.4, -0.2) is 24.3 Å². The highest BCUT2D eigenvalue weighted by Gasteiger charge is 2.53. The van der Waals surface area contributed by atoms with E-state index in [1.54, 1.807) is 0 Å². The van der Waals surface area contributed by atoms with Crippen molar-refractivity contribution in [2.75, 3.05) is 16.5 Å². The van der Waals surface area contributed by atoms with E-state index in [9.17, 15) is 0 Å². The van der Waals surface area contributed by atoms with Crippen LogP contribution in [0.15, 0.2) is 273 Å². The maximum absolute atomic E-state index is 6.98. The molecular weight excluding hydrogens is 977 g/mol. The van der Waals surface area contributed by atoms with Crippen LogP contribution in [0.3, 0.4) is 0 Å². The average molecular weight is 1040 g/mol. The third-order valence-corrected chi connectivity index (χ3v) is 22.1. The van der Waals surface area contributed by atoms with Crippen LogP contribution >= 0.6 is 0 Å². The number of hydrogen-bond acceptors (Lipinski definition) is 4. The van der Waals surface area contributed by atoms with Gasteiger partial charge < -0.3 is 14.5 Å². The van der Waals surface area contributed by atoms with Crippen molar-refractivity contribution in [2.45, 2.75) is 32.0 Å². The summed E-state index contributed by atoms with van der Waals surface area (Å²) in [7, 11) is -2.26. The number of anilines is 2. The Morgan fingerprint density at radius 3 is 1.46 bits per heavy atom. The molecule has 5 nitrogen and oxygen atoms in total. The maximum atomic E-state index is 6.98. The van der Waals surface area contributed by atoms with Crippen LogP contribution in [-0.2, 0) is 5.04 Å². The van der Waals surface area contributed by atoms with Gasteiger partial charge in [0.05, 0.1) is 23.4 Å². The van der Waals surface area contributed by atoms with Gasteiger partial charge in [0.2, 0.25) is 0 Å². The van der Waals surface area contributed by atoms with Crippen molar-refractivity contribution in [3.8, 4) is 84.1 Å². The summed E-state index contributed by atoms with van der Waals surface area (Å²) in [5.74, 6) is 2.44. The highest BCUT2D eigenvalue weighted by atomic mass is 28.3. The van der Waals surface area contributed by atoms with Gasteiger partial charge >= 0.3 is 0 Å². The Morgan fingerprint density at radius 1 is 0.430 bits per heavy atom. The van der Waals surface area contributed by atoms with Crippen LogP contribution in [0.5, 0.6) is 11.5 Å². The van der Waals surface area contributed by atoms with Crippen LogP contribution in [0.1, 0.15) is 19.4 Å². The standard InChI is InChI=1S/C73H58N4OSi/c1-73(2)66-38-36-61(78-60-35-37-65-64-30-17-18-33-67(64)77(68(65)46-60)70-34-19-20-39-74-70)47-69(66)76-49-75(48-71(76)79(73,3)4)72-62(58-42-54(50-22-9-5-10-23-50)40-55(43-58)51-24-11-6-12-25-51)31-21-32-63(72)59-44-56(52-26-13-7-14-27-52)41-57(45-59)53-28-15-8-16-29-53/h5-48H,49H2,1-4H3. The second kappa shape index (κ2) is 19.2.